The van der Waals surface area contributed by atoms with E-state index < -0.39 is 15.6 Å². The summed E-state index contributed by atoms with van der Waals surface area (Å²) in [6, 6.07) is 1.63. The average Bonchev–Trinajstić information content (AvgIpc) is 2.35. The van der Waals surface area contributed by atoms with Gasteiger partial charge in [0, 0.05) is 12.1 Å². The summed E-state index contributed by atoms with van der Waals surface area (Å²) in [7, 11) is -2.44. The highest BCUT2D eigenvalue weighted by atomic mass is 35.5. The monoisotopic (exact) mass is 339 g/mol. The van der Waals surface area contributed by atoms with Crippen LogP contribution < -0.4 is 0 Å². The Morgan fingerprint density at radius 1 is 1.30 bits per heavy atom. The van der Waals surface area contributed by atoms with E-state index in [9.17, 15) is 13.5 Å². The SMILES string of the molecule is Cc1cc(Cl)c(C)c(S(=O)(=O)N(C)C(C)(C)CO)c1Cl. The molecule has 0 saturated carbocycles. The van der Waals surface area contributed by atoms with Crippen molar-refractivity contribution in [2.45, 2.75) is 38.1 Å². The second kappa shape index (κ2) is 5.81. The number of hydrogen-bond donors (Lipinski definition) is 1. The molecule has 0 heterocycles. The van der Waals surface area contributed by atoms with Crippen LogP contribution in [0, 0.1) is 13.8 Å². The Balaban J connectivity index is 3.60. The molecule has 0 saturated heterocycles. The van der Waals surface area contributed by atoms with Gasteiger partial charge in [-0.15, -0.1) is 0 Å². The molecule has 114 valence electrons. The van der Waals surface area contributed by atoms with Gasteiger partial charge in [0.05, 0.1) is 17.2 Å². The van der Waals surface area contributed by atoms with E-state index in [1.54, 1.807) is 33.8 Å². The zero-order valence-electron chi connectivity index (χ0n) is 12.2. The Labute approximate surface area is 130 Å². The second-order valence-electron chi connectivity index (χ2n) is 5.39. The van der Waals surface area contributed by atoms with Crippen LogP contribution in [0.1, 0.15) is 25.0 Å². The van der Waals surface area contributed by atoms with Crippen LogP contribution in [0.2, 0.25) is 10.0 Å². The van der Waals surface area contributed by atoms with Gasteiger partial charge in [0.1, 0.15) is 4.90 Å². The van der Waals surface area contributed by atoms with Gasteiger partial charge in [0.25, 0.3) is 0 Å². The predicted octanol–water partition coefficient (Wildman–Crippen LogP) is 3.00. The molecule has 0 atom stereocenters. The van der Waals surface area contributed by atoms with Crippen LogP contribution in [-0.4, -0.2) is 37.0 Å². The number of halogens is 2. The lowest BCUT2D eigenvalue weighted by atomic mass is 10.1. The molecule has 0 bridgehead atoms. The molecule has 1 aromatic rings. The summed E-state index contributed by atoms with van der Waals surface area (Å²) in [5, 5.41) is 9.86. The first-order valence-electron chi connectivity index (χ1n) is 6.02. The van der Waals surface area contributed by atoms with E-state index >= 15 is 0 Å². The number of sulfonamides is 1. The van der Waals surface area contributed by atoms with Gasteiger partial charge in [-0.25, -0.2) is 8.42 Å². The topological polar surface area (TPSA) is 57.6 Å². The summed E-state index contributed by atoms with van der Waals surface area (Å²) < 4.78 is 26.6. The van der Waals surface area contributed by atoms with Gasteiger partial charge in [-0.1, -0.05) is 23.2 Å². The summed E-state index contributed by atoms with van der Waals surface area (Å²) >= 11 is 12.2. The number of hydrogen-bond acceptors (Lipinski definition) is 3. The molecule has 0 aromatic heterocycles. The van der Waals surface area contributed by atoms with Crippen LogP contribution in [0.4, 0.5) is 0 Å². The zero-order chi connectivity index (χ0) is 15.9. The fraction of sp³-hybridized carbons (Fsp3) is 0.538. The maximum atomic E-state index is 12.8. The molecule has 1 rings (SSSR count). The fourth-order valence-electron chi connectivity index (χ4n) is 1.68. The van der Waals surface area contributed by atoms with E-state index in [2.05, 4.69) is 0 Å². The molecular formula is C13H19Cl2NO3S. The average molecular weight is 340 g/mol. The van der Waals surface area contributed by atoms with Crippen molar-refractivity contribution in [3.63, 3.8) is 0 Å². The van der Waals surface area contributed by atoms with Gasteiger partial charge in [-0.3, -0.25) is 0 Å². The zero-order valence-corrected chi connectivity index (χ0v) is 14.5. The minimum atomic E-state index is -3.86. The highest BCUT2D eigenvalue weighted by molar-refractivity contribution is 7.89. The number of nitrogens with zero attached hydrogens (tertiary/aromatic N) is 1. The number of rotatable bonds is 4. The van der Waals surface area contributed by atoms with Crippen molar-refractivity contribution in [2.75, 3.05) is 13.7 Å². The molecule has 0 aliphatic carbocycles. The molecule has 0 spiro atoms. The molecular weight excluding hydrogens is 321 g/mol. The third-order valence-electron chi connectivity index (χ3n) is 3.45. The minimum absolute atomic E-state index is 0.00630. The number of benzene rings is 1. The number of aryl methyl sites for hydroxylation is 1. The normalized spacial score (nSPS) is 13.1. The van der Waals surface area contributed by atoms with Gasteiger partial charge in [0.15, 0.2) is 0 Å². The molecule has 0 fully saturated rings. The second-order valence-corrected chi connectivity index (χ2v) is 8.08. The highest BCUT2D eigenvalue weighted by Gasteiger charge is 2.36. The van der Waals surface area contributed by atoms with Crippen LogP contribution >= 0.6 is 23.2 Å². The van der Waals surface area contributed by atoms with Gasteiger partial charge in [-0.05, 0) is 44.9 Å². The fourth-order valence-corrected chi connectivity index (χ4v) is 4.35. The largest absolute Gasteiger partial charge is 0.394 e. The summed E-state index contributed by atoms with van der Waals surface area (Å²) in [6.45, 7) is 6.26. The Morgan fingerprint density at radius 3 is 2.25 bits per heavy atom. The predicted molar refractivity (Wildman–Crippen MR) is 82.0 cm³/mol. The van der Waals surface area contributed by atoms with Gasteiger partial charge >= 0.3 is 0 Å². The van der Waals surface area contributed by atoms with Crippen molar-refractivity contribution in [3.05, 3.63) is 27.2 Å². The highest BCUT2D eigenvalue weighted by Crippen LogP contribution is 2.36. The molecule has 0 unspecified atom stereocenters. The van der Waals surface area contributed by atoms with Crippen molar-refractivity contribution in [3.8, 4) is 0 Å². The van der Waals surface area contributed by atoms with Crippen LogP contribution in [-0.2, 0) is 10.0 Å². The van der Waals surface area contributed by atoms with Gasteiger partial charge in [-0.2, -0.15) is 4.31 Å². The first-order chi connectivity index (χ1) is 8.96. The summed E-state index contributed by atoms with van der Waals surface area (Å²) in [5.41, 5.74) is 0.0593. The van der Waals surface area contributed by atoms with Crippen LogP contribution in [0.15, 0.2) is 11.0 Å². The van der Waals surface area contributed by atoms with E-state index in [0.29, 0.717) is 16.1 Å². The molecule has 7 heteroatoms. The molecule has 0 amide bonds. The summed E-state index contributed by atoms with van der Waals surface area (Å²) in [5.74, 6) is 0. The number of likely N-dealkylation sites (N-methyl/N-ethyl adjacent to an activating group) is 1. The van der Waals surface area contributed by atoms with Gasteiger partial charge in [0.2, 0.25) is 10.0 Å². The maximum absolute atomic E-state index is 12.8. The Bertz CT molecular complexity index is 601. The van der Waals surface area contributed by atoms with Crippen LogP contribution in [0.25, 0.3) is 0 Å². The quantitative estimate of drug-likeness (QED) is 0.917. The van der Waals surface area contributed by atoms with E-state index in [-0.39, 0.29) is 16.5 Å². The standard InChI is InChI=1S/C13H19Cl2NO3S/c1-8-6-10(14)9(2)12(11(8)15)20(18,19)16(5)13(3,4)7-17/h6,17H,7H2,1-5H3. The lowest BCUT2D eigenvalue weighted by molar-refractivity contribution is 0.138. The number of aliphatic hydroxyl groups excluding tert-OH is 1. The lowest BCUT2D eigenvalue weighted by Crippen LogP contribution is -2.47. The molecule has 1 N–H and O–H groups in total. The molecule has 0 aliphatic rings. The molecule has 0 aliphatic heterocycles. The van der Waals surface area contributed by atoms with Crippen LogP contribution in [0.5, 0.6) is 0 Å². The van der Waals surface area contributed by atoms with E-state index in [4.69, 9.17) is 23.2 Å². The molecule has 20 heavy (non-hydrogen) atoms. The molecule has 4 nitrogen and oxygen atoms in total. The van der Waals surface area contributed by atoms with Crippen LogP contribution in [0.3, 0.4) is 0 Å². The Morgan fingerprint density at radius 2 is 1.80 bits per heavy atom. The van der Waals surface area contributed by atoms with E-state index in [1.165, 1.54) is 7.05 Å². The third kappa shape index (κ3) is 2.97. The smallest absolute Gasteiger partial charge is 0.245 e. The third-order valence-corrected chi connectivity index (χ3v) is 6.68. The van der Waals surface area contributed by atoms with Crippen molar-refractivity contribution in [1.82, 2.24) is 4.31 Å². The first kappa shape index (κ1) is 17.7. The first-order valence-corrected chi connectivity index (χ1v) is 8.21. The number of aliphatic hydroxyl groups is 1. The maximum Gasteiger partial charge on any atom is 0.245 e. The van der Waals surface area contributed by atoms with E-state index in [1.807, 2.05) is 0 Å². The Hall–Kier alpha value is -0.330. The summed E-state index contributed by atoms with van der Waals surface area (Å²) in [6.07, 6.45) is 0. The summed E-state index contributed by atoms with van der Waals surface area (Å²) in [4.78, 5) is -0.00630. The Kier molecular flexibility index (Phi) is 5.15. The van der Waals surface area contributed by atoms with Crippen molar-refractivity contribution < 1.29 is 13.5 Å². The van der Waals surface area contributed by atoms with Crippen molar-refractivity contribution in [2.24, 2.45) is 0 Å². The van der Waals surface area contributed by atoms with Gasteiger partial charge < -0.3 is 5.11 Å². The van der Waals surface area contributed by atoms with E-state index in [0.717, 1.165) is 4.31 Å². The molecule has 0 radical (unpaired) electrons. The lowest BCUT2D eigenvalue weighted by Gasteiger charge is -2.33. The minimum Gasteiger partial charge on any atom is -0.394 e. The van der Waals surface area contributed by atoms with Crippen molar-refractivity contribution in [1.29, 1.82) is 0 Å². The molecule has 1 aromatic carbocycles. The van der Waals surface area contributed by atoms with Crippen molar-refractivity contribution >= 4 is 33.2 Å².